The van der Waals surface area contributed by atoms with Gasteiger partial charge in [0.15, 0.2) is 0 Å². The molecule has 33 heavy (non-hydrogen) atoms. The molecule has 8 heteroatoms. The minimum Gasteiger partial charge on any atom is -0.322 e. The smallest absolute Gasteiger partial charge is 0.322 e. The molecule has 0 unspecified atom stereocenters. The van der Waals surface area contributed by atoms with Crippen LogP contribution in [-0.4, -0.2) is 23.3 Å². The second-order valence-electron chi connectivity index (χ2n) is 7.86. The molecule has 0 spiro atoms. The van der Waals surface area contributed by atoms with Crippen LogP contribution in [0.25, 0.3) is 0 Å². The van der Waals surface area contributed by atoms with Gasteiger partial charge in [-0.15, -0.1) is 0 Å². The number of aromatic nitrogens is 1. The topological polar surface area (TPSA) is 62.3 Å². The number of carbonyl (C=O) groups is 2. The first-order valence-corrected chi connectivity index (χ1v) is 10.6. The molecule has 3 aromatic rings. The molecule has 2 amide bonds. The van der Waals surface area contributed by atoms with E-state index in [0.717, 1.165) is 29.8 Å². The monoisotopic (exact) mass is 453 g/mol. The fourth-order valence-corrected chi connectivity index (χ4v) is 3.82. The summed E-state index contributed by atoms with van der Waals surface area (Å²) in [5.41, 5.74) is 1.73. The molecule has 0 saturated heterocycles. The number of nitrogens with zero attached hydrogens (tertiary/aromatic N) is 2. The molecule has 1 aliphatic rings. The van der Waals surface area contributed by atoms with Crippen LogP contribution in [-0.2, 0) is 23.8 Å². The third-order valence-electron chi connectivity index (χ3n) is 5.51. The highest BCUT2D eigenvalue weighted by molar-refractivity contribution is 6.05. The first kappa shape index (κ1) is 22.5. The number of alkyl halides is 3. The van der Waals surface area contributed by atoms with Crippen molar-refractivity contribution in [1.29, 1.82) is 0 Å². The molecule has 0 aliphatic carbocycles. The van der Waals surface area contributed by atoms with Gasteiger partial charge in [-0.25, -0.2) is 0 Å². The number of halogens is 3. The Morgan fingerprint density at radius 2 is 1.82 bits per heavy atom. The van der Waals surface area contributed by atoms with Gasteiger partial charge in [0.1, 0.15) is 0 Å². The van der Waals surface area contributed by atoms with Gasteiger partial charge in [0.25, 0.3) is 5.91 Å². The number of fused-ring (bicyclic) bond motifs is 1. The predicted octanol–water partition coefficient (Wildman–Crippen LogP) is 5.26. The van der Waals surface area contributed by atoms with Crippen molar-refractivity contribution in [3.63, 3.8) is 0 Å². The Balaban J connectivity index is 1.50. The van der Waals surface area contributed by atoms with Crippen LogP contribution in [0.2, 0.25) is 0 Å². The van der Waals surface area contributed by atoms with E-state index in [4.69, 9.17) is 0 Å². The zero-order valence-electron chi connectivity index (χ0n) is 17.7. The molecule has 1 N–H and O–H groups in total. The zero-order valence-corrected chi connectivity index (χ0v) is 17.7. The van der Waals surface area contributed by atoms with Crippen molar-refractivity contribution in [3.8, 4) is 0 Å². The number of hydrogen-bond acceptors (Lipinski definition) is 3. The van der Waals surface area contributed by atoms with Crippen molar-refractivity contribution >= 4 is 23.2 Å². The van der Waals surface area contributed by atoms with E-state index < -0.39 is 17.6 Å². The van der Waals surface area contributed by atoms with Crippen LogP contribution in [0.5, 0.6) is 0 Å². The van der Waals surface area contributed by atoms with Gasteiger partial charge >= 0.3 is 6.18 Å². The summed E-state index contributed by atoms with van der Waals surface area (Å²) in [5, 5.41) is 2.49. The number of rotatable bonds is 5. The van der Waals surface area contributed by atoms with Gasteiger partial charge in [-0.05, 0) is 49.1 Å². The van der Waals surface area contributed by atoms with Gasteiger partial charge < -0.3 is 10.2 Å². The zero-order chi connectivity index (χ0) is 23.4. The summed E-state index contributed by atoms with van der Waals surface area (Å²) in [6.07, 6.45) is -0.729. The highest BCUT2D eigenvalue weighted by atomic mass is 19.4. The fraction of sp³-hybridized carbons (Fsp3) is 0.240. The minimum absolute atomic E-state index is 0.0309. The standard InChI is InChI=1S/C25H22F3N3O2/c26-25(27,28)19-8-4-9-20(15-19)30-24(33)18-14-22-21(29-16-18)10-5-13-31(22)23(32)12-11-17-6-2-1-3-7-17/h1-4,6-9,14-16H,5,10-13H2,(H,30,33). The Bertz CT molecular complexity index is 1160. The maximum Gasteiger partial charge on any atom is 0.416 e. The number of aryl methyl sites for hydroxylation is 2. The average molecular weight is 453 g/mol. The molecule has 0 bridgehead atoms. The fourth-order valence-electron chi connectivity index (χ4n) is 3.82. The Labute approximate surface area is 189 Å². The summed E-state index contributed by atoms with van der Waals surface area (Å²) >= 11 is 0. The molecule has 4 rings (SSSR count). The van der Waals surface area contributed by atoms with Crippen LogP contribution >= 0.6 is 0 Å². The minimum atomic E-state index is -4.51. The highest BCUT2D eigenvalue weighted by Crippen LogP contribution is 2.31. The van der Waals surface area contributed by atoms with Crippen molar-refractivity contribution in [2.45, 2.75) is 31.9 Å². The quantitative estimate of drug-likeness (QED) is 0.573. The van der Waals surface area contributed by atoms with Crippen molar-refractivity contribution in [2.24, 2.45) is 0 Å². The Morgan fingerprint density at radius 3 is 2.58 bits per heavy atom. The van der Waals surface area contributed by atoms with Gasteiger partial charge in [0.2, 0.25) is 5.91 Å². The van der Waals surface area contributed by atoms with E-state index in [-0.39, 0.29) is 17.2 Å². The van der Waals surface area contributed by atoms with E-state index >= 15 is 0 Å². The second kappa shape index (κ2) is 9.44. The summed E-state index contributed by atoms with van der Waals surface area (Å²) in [6, 6.07) is 15.7. The number of carbonyl (C=O) groups excluding carboxylic acids is 2. The molecule has 0 atom stereocenters. The lowest BCUT2D eigenvalue weighted by Gasteiger charge is -2.29. The summed E-state index contributed by atoms with van der Waals surface area (Å²) in [5.74, 6) is -0.649. The number of anilines is 2. The molecule has 2 aromatic carbocycles. The number of amides is 2. The van der Waals surface area contributed by atoms with Crippen LogP contribution in [0.3, 0.4) is 0 Å². The lowest BCUT2D eigenvalue weighted by atomic mass is 10.0. The third kappa shape index (κ3) is 5.39. The van der Waals surface area contributed by atoms with Crippen LogP contribution in [0.4, 0.5) is 24.5 Å². The summed E-state index contributed by atoms with van der Waals surface area (Å²) in [7, 11) is 0. The second-order valence-corrected chi connectivity index (χ2v) is 7.86. The molecule has 0 saturated carbocycles. The normalized spacial score (nSPS) is 13.4. The molecule has 0 radical (unpaired) electrons. The first-order chi connectivity index (χ1) is 15.8. The first-order valence-electron chi connectivity index (χ1n) is 10.6. The summed E-state index contributed by atoms with van der Waals surface area (Å²) in [4.78, 5) is 31.6. The van der Waals surface area contributed by atoms with Crippen molar-refractivity contribution in [1.82, 2.24) is 4.98 Å². The molecular weight excluding hydrogens is 431 g/mol. The number of pyridine rings is 1. The predicted molar refractivity (Wildman–Crippen MR) is 119 cm³/mol. The maximum atomic E-state index is 12.9. The lowest BCUT2D eigenvalue weighted by molar-refractivity contribution is -0.137. The van der Waals surface area contributed by atoms with Crippen molar-refractivity contribution in [2.75, 3.05) is 16.8 Å². The molecule has 170 valence electrons. The average Bonchev–Trinajstić information content (AvgIpc) is 2.82. The van der Waals surface area contributed by atoms with Crippen LogP contribution in [0, 0.1) is 0 Å². The maximum absolute atomic E-state index is 12.9. The summed E-state index contributed by atoms with van der Waals surface area (Å²) in [6.45, 7) is 0.529. The SMILES string of the molecule is O=C(Nc1cccc(C(F)(F)F)c1)c1cnc2c(c1)N(C(=O)CCc1ccccc1)CCC2. The van der Waals surface area contributed by atoms with Crippen molar-refractivity contribution in [3.05, 3.63) is 89.2 Å². The van der Waals surface area contributed by atoms with E-state index in [9.17, 15) is 22.8 Å². The van der Waals surface area contributed by atoms with E-state index in [1.165, 1.54) is 18.3 Å². The number of nitrogens with one attached hydrogen (secondary N) is 1. The Hall–Kier alpha value is -3.68. The van der Waals surface area contributed by atoms with E-state index in [0.29, 0.717) is 31.5 Å². The summed E-state index contributed by atoms with van der Waals surface area (Å²) < 4.78 is 38.8. The molecule has 0 fully saturated rings. The molecule has 1 aromatic heterocycles. The number of hydrogen-bond donors (Lipinski definition) is 1. The molecule has 1 aliphatic heterocycles. The molecule has 2 heterocycles. The van der Waals surface area contributed by atoms with Crippen LogP contribution < -0.4 is 10.2 Å². The molecular formula is C25H22F3N3O2. The molecule has 5 nitrogen and oxygen atoms in total. The number of benzene rings is 2. The van der Waals surface area contributed by atoms with Crippen LogP contribution in [0.1, 0.15) is 40.0 Å². The van der Waals surface area contributed by atoms with Gasteiger partial charge in [0, 0.05) is 24.8 Å². The van der Waals surface area contributed by atoms with E-state index in [2.05, 4.69) is 10.3 Å². The van der Waals surface area contributed by atoms with Crippen molar-refractivity contribution < 1.29 is 22.8 Å². The largest absolute Gasteiger partial charge is 0.416 e. The Morgan fingerprint density at radius 1 is 1.03 bits per heavy atom. The lowest BCUT2D eigenvalue weighted by Crippen LogP contribution is -2.36. The van der Waals surface area contributed by atoms with Gasteiger partial charge in [-0.3, -0.25) is 14.6 Å². The Kier molecular flexibility index (Phi) is 6.44. The third-order valence-corrected chi connectivity index (χ3v) is 5.51. The van der Waals surface area contributed by atoms with Gasteiger partial charge in [0.05, 0.1) is 22.5 Å². The highest BCUT2D eigenvalue weighted by Gasteiger charge is 2.30. The van der Waals surface area contributed by atoms with Crippen LogP contribution in [0.15, 0.2) is 66.9 Å². The van der Waals surface area contributed by atoms with Gasteiger partial charge in [-0.1, -0.05) is 36.4 Å². The van der Waals surface area contributed by atoms with E-state index in [1.807, 2.05) is 30.3 Å². The van der Waals surface area contributed by atoms with Gasteiger partial charge in [-0.2, -0.15) is 13.2 Å². The van der Waals surface area contributed by atoms with E-state index in [1.54, 1.807) is 11.0 Å².